The van der Waals surface area contributed by atoms with E-state index in [1.54, 1.807) is 0 Å². The van der Waals surface area contributed by atoms with Gasteiger partial charge in [0.15, 0.2) is 0 Å². The molecule has 0 N–H and O–H groups in total. The number of carbonyl (C=O) groups excluding carboxylic acids is 2. The average Bonchev–Trinajstić information content (AvgIpc) is 2.68. The van der Waals surface area contributed by atoms with Gasteiger partial charge in [0, 0.05) is 12.8 Å². The number of hydrogen-bond donors (Lipinski definition) is 0. The molecule has 2 aromatic carbocycles. The molecule has 0 fully saturated rings. The summed E-state index contributed by atoms with van der Waals surface area (Å²) in [6.45, 7) is 12.3. The summed E-state index contributed by atoms with van der Waals surface area (Å²) in [6, 6.07) is 11.9. The lowest BCUT2D eigenvalue weighted by molar-refractivity contribution is -0.136. The van der Waals surface area contributed by atoms with Crippen molar-refractivity contribution in [2.24, 2.45) is 0 Å². The Bertz CT molecular complexity index is 807. The molecule has 30 heavy (non-hydrogen) atoms. The first-order chi connectivity index (χ1) is 14.2. The fraction of sp³-hybridized carbons (Fsp3) is 0.462. The van der Waals surface area contributed by atoms with Crippen LogP contribution < -0.4 is 9.47 Å². The van der Waals surface area contributed by atoms with Gasteiger partial charge in [-0.2, -0.15) is 0 Å². The summed E-state index contributed by atoms with van der Waals surface area (Å²) < 4.78 is 11.1. The van der Waals surface area contributed by atoms with E-state index in [0.29, 0.717) is 36.2 Å². The molecule has 0 radical (unpaired) electrons. The van der Waals surface area contributed by atoms with E-state index in [1.807, 2.05) is 38.1 Å². The number of aryl methyl sites for hydroxylation is 2. The van der Waals surface area contributed by atoms with Gasteiger partial charge in [-0.25, -0.2) is 0 Å². The van der Waals surface area contributed by atoms with Crippen molar-refractivity contribution in [3.8, 4) is 11.5 Å². The van der Waals surface area contributed by atoms with E-state index in [9.17, 15) is 9.59 Å². The highest BCUT2D eigenvalue weighted by molar-refractivity contribution is 5.74. The summed E-state index contributed by atoms with van der Waals surface area (Å²) in [5.41, 5.74) is 4.16. The summed E-state index contributed by atoms with van der Waals surface area (Å²) in [5, 5.41) is 0. The van der Waals surface area contributed by atoms with E-state index < -0.39 is 0 Å². The lowest BCUT2D eigenvalue weighted by Gasteiger charge is -2.12. The lowest BCUT2D eigenvalue weighted by atomic mass is 10.0. The Morgan fingerprint density at radius 3 is 1.40 bits per heavy atom. The zero-order valence-corrected chi connectivity index (χ0v) is 19.1. The molecule has 0 aromatic heterocycles. The van der Waals surface area contributed by atoms with E-state index in [2.05, 4.69) is 39.8 Å². The van der Waals surface area contributed by atoms with Crippen LogP contribution in [0.4, 0.5) is 0 Å². The Labute approximate surface area is 180 Å². The highest BCUT2D eigenvalue weighted by Gasteiger charge is 2.12. The van der Waals surface area contributed by atoms with Crippen molar-refractivity contribution in [3.05, 3.63) is 58.7 Å². The normalized spacial score (nSPS) is 11.1. The van der Waals surface area contributed by atoms with Crippen LogP contribution in [0.1, 0.15) is 87.5 Å². The van der Waals surface area contributed by atoms with Gasteiger partial charge in [0.2, 0.25) is 0 Å². The zero-order valence-electron chi connectivity index (χ0n) is 19.1. The van der Waals surface area contributed by atoms with Crippen LogP contribution in [0.3, 0.4) is 0 Å². The predicted octanol–water partition coefficient (Wildman–Crippen LogP) is 6.62. The van der Waals surface area contributed by atoms with Gasteiger partial charge in [-0.05, 0) is 72.9 Å². The highest BCUT2D eigenvalue weighted by atomic mass is 16.5. The molecule has 4 nitrogen and oxygen atoms in total. The fourth-order valence-electron chi connectivity index (χ4n) is 3.06. The monoisotopic (exact) mass is 410 g/mol. The van der Waals surface area contributed by atoms with Crippen molar-refractivity contribution in [1.29, 1.82) is 0 Å². The van der Waals surface area contributed by atoms with Gasteiger partial charge in [0.05, 0.1) is 0 Å². The van der Waals surface area contributed by atoms with Crippen LogP contribution in [-0.2, 0) is 9.59 Å². The van der Waals surface area contributed by atoms with Crippen LogP contribution >= 0.6 is 0 Å². The van der Waals surface area contributed by atoms with Crippen molar-refractivity contribution >= 4 is 11.9 Å². The van der Waals surface area contributed by atoms with Crippen LogP contribution in [0.15, 0.2) is 36.4 Å². The molecule has 0 aliphatic carbocycles. The summed E-state index contributed by atoms with van der Waals surface area (Å²) in [6.07, 6.45) is 1.73. The summed E-state index contributed by atoms with van der Waals surface area (Å²) in [7, 11) is 0. The van der Waals surface area contributed by atoms with Crippen LogP contribution in [0.5, 0.6) is 11.5 Å². The first kappa shape index (κ1) is 23.7. The third-order valence-corrected chi connectivity index (χ3v) is 5.22. The molecule has 0 aliphatic rings. The second kappa shape index (κ2) is 11.0. The molecule has 2 aromatic rings. The van der Waals surface area contributed by atoms with Gasteiger partial charge >= 0.3 is 11.9 Å². The number of hydrogen-bond acceptors (Lipinski definition) is 4. The largest absolute Gasteiger partial charge is 0.426 e. The molecule has 162 valence electrons. The van der Waals surface area contributed by atoms with Crippen LogP contribution in [0.25, 0.3) is 0 Å². The van der Waals surface area contributed by atoms with Gasteiger partial charge in [0.1, 0.15) is 11.5 Å². The molecule has 0 heterocycles. The fourth-order valence-corrected chi connectivity index (χ4v) is 3.06. The van der Waals surface area contributed by atoms with E-state index in [4.69, 9.17) is 9.47 Å². The zero-order chi connectivity index (χ0) is 22.3. The minimum atomic E-state index is -0.271. The maximum absolute atomic E-state index is 12.2. The molecule has 0 bridgehead atoms. The molecule has 0 unspecified atom stereocenters. The van der Waals surface area contributed by atoms with E-state index in [0.717, 1.165) is 22.3 Å². The van der Waals surface area contributed by atoms with Gasteiger partial charge in [-0.3, -0.25) is 9.59 Å². The third kappa shape index (κ3) is 7.01. The van der Waals surface area contributed by atoms with Crippen molar-refractivity contribution in [3.63, 3.8) is 0 Å². The Morgan fingerprint density at radius 1 is 0.700 bits per heavy atom. The quantitative estimate of drug-likeness (QED) is 0.265. The second-order valence-corrected chi connectivity index (χ2v) is 8.51. The number of ether oxygens (including phenoxy) is 2. The van der Waals surface area contributed by atoms with Gasteiger partial charge < -0.3 is 9.47 Å². The number of rotatable bonds is 9. The van der Waals surface area contributed by atoms with Gasteiger partial charge in [-0.15, -0.1) is 0 Å². The maximum atomic E-state index is 12.2. The predicted molar refractivity (Wildman–Crippen MR) is 120 cm³/mol. The third-order valence-electron chi connectivity index (χ3n) is 5.22. The molecule has 4 heteroatoms. The van der Waals surface area contributed by atoms with Crippen LogP contribution in [0.2, 0.25) is 0 Å². The second-order valence-electron chi connectivity index (χ2n) is 8.51. The Kier molecular flexibility index (Phi) is 8.64. The standard InChI is InChI=1S/C26H34O4/c1-17(2)21-13-11-19(5)23(15-21)29-25(27)9-7-8-10-26(28)30-24-16-22(18(3)4)14-12-20(24)6/h11-18H,7-10H2,1-6H3. The number of unbranched alkanes of at least 4 members (excludes halogenated alkanes) is 1. The Hall–Kier alpha value is -2.62. The molecule has 0 aliphatic heterocycles. The summed E-state index contributed by atoms with van der Waals surface area (Å²) in [5.74, 6) is 1.44. The van der Waals surface area contributed by atoms with Gasteiger partial charge in [-0.1, -0.05) is 52.0 Å². The maximum Gasteiger partial charge on any atom is 0.311 e. The van der Waals surface area contributed by atoms with Crippen LogP contribution in [-0.4, -0.2) is 11.9 Å². The lowest BCUT2D eigenvalue weighted by Crippen LogP contribution is -2.11. The van der Waals surface area contributed by atoms with Crippen molar-refractivity contribution < 1.29 is 19.1 Å². The van der Waals surface area contributed by atoms with Crippen molar-refractivity contribution in [1.82, 2.24) is 0 Å². The number of esters is 2. The van der Waals surface area contributed by atoms with E-state index in [-0.39, 0.29) is 24.8 Å². The number of carbonyl (C=O) groups is 2. The first-order valence-electron chi connectivity index (χ1n) is 10.8. The first-order valence-corrected chi connectivity index (χ1v) is 10.8. The van der Waals surface area contributed by atoms with Crippen molar-refractivity contribution in [2.45, 2.75) is 79.1 Å². The van der Waals surface area contributed by atoms with E-state index in [1.165, 1.54) is 0 Å². The smallest absolute Gasteiger partial charge is 0.311 e. The van der Waals surface area contributed by atoms with Crippen molar-refractivity contribution in [2.75, 3.05) is 0 Å². The summed E-state index contributed by atoms with van der Waals surface area (Å²) in [4.78, 5) is 24.4. The molecular formula is C26H34O4. The van der Waals surface area contributed by atoms with Crippen LogP contribution in [0, 0.1) is 13.8 Å². The highest BCUT2D eigenvalue weighted by Crippen LogP contribution is 2.26. The van der Waals surface area contributed by atoms with Gasteiger partial charge in [0.25, 0.3) is 0 Å². The Morgan fingerprint density at radius 2 is 1.07 bits per heavy atom. The van der Waals surface area contributed by atoms with E-state index >= 15 is 0 Å². The molecule has 0 atom stereocenters. The molecular weight excluding hydrogens is 376 g/mol. The molecule has 0 spiro atoms. The molecule has 0 saturated carbocycles. The Balaban J connectivity index is 1.78. The minimum Gasteiger partial charge on any atom is -0.426 e. The molecule has 2 rings (SSSR count). The molecule has 0 amide bonds. The topological polar surface area (TPSA) is 52.6 Å². The molecule has 0 saturated heterocycles. The average molecular weight is 411 g/mol. The minimum absolute atomic E-state index is 0.271. The number of benzene rings is 2. The summed E-state index contributed by atoms with van der Waals surface area (Å²) >= 11 is 0. The SMILES string of the molecule is Cc1ccc(C(C)C)cc1OC(=O)CCCCC(=O)Oc1cc(C(C)C)ccc1C.